The summed E-state index contributed by atoms with van der Waals surface area (Å²) in [5, 5.41) is 13.9. The summed E-state index contributed by atoms with van der Waals surface area (Å²) in [7, 11) is 0. The van der Waals surface area contributed by atoms with Gasteiger partial charge in [-0.15, -0.1) is 0 Å². The van der Waals surface area contributed by atoms with E-state index in [0.717, 1.165) is 47.8 Å². The largest absolute Gasteiger partial charge is 0.388 e. The topological polar surface area (TPSA) is 49.3 Å². The molecule has 1 aromatic rings. The minimum absolute atomic E-state index is 0.0634. The number of hydrogen-bond acceptors (Lipinski definition) is 2. The normalized spacial score (nSPS) is 16.0. The number of amides is 1. The Balaban J connectivity index is 2.05. The molecule has 0 fully saturated rings. The average molecular weight is 312 g/mol. The summed E-state index contributed by atoms with van der Waals surface area (Å²) in [6.45, 7) is 0. The monoisotopic (exact) mass is 311 g/mol. The van der Waals surface area contributed by atoms with E-state index in [4.69, 9.17) is 0 Å². The maximum Gasteiger partial charge on any atom is 0.224 e. The van der Waals surface area contributed by atoms with E-state index in [9.17, 15) is 9.90 Å². The number of fused-ring (bicyclic) bond motifs is 1. The van der Waals surface area contributed by atoms with E-state index < -0.39 is 6.10 Å². The quantitative estimate of drug-likeness (QED) is 0.648. The fraction of sp³-hybridized carbons (Fsp3) is 0.500. The SMILES string of the molecule is O=C1CCc2ccc([C@@H](O)CCCCBr)cc2N1. The highest BCUT2D eigenvalue weighted by molar-refractivity contribution is 9.09. The Morgan fingerprint density at radius 1 is 1.33 bits per heavy atom. The van der Waals surface area contributed by atoms with Gasteiger partial charge in [0.15, 0.2) is 0 Å². The van der Waals surface area contributed by atoms with Crippen LogP contribution in [-0.2, 0) is 11.2 Å². The number of rotatable bonds is 5. The lowest BCUT2D eigenvalue weighted by Crippen LogP contribution is -2.19. The Bertz CT molecular complexity index is 434. The second kappa shape index (κ2) is 6.34. The summed E-state index contributed by atoms with van der Waals surface area (Å²) in [5.74, 6) is 0.0634. The Morgan fingerprint density at radius 3 is 2.94 bits per heavy atom. The third-order valence-corrected chi connectivity index (χ3v) is 3.84. The zero-order valence-electron chi connectivity index (χ0n) is 10.3. The van der Waals surface area contributed by atoms with Crippen LogP contribution in [0.3, 0.4) is 0 Å². The molecule has 0 radical (unpaired) electrons. The number of aliphatic hydroxyl groups is 1. The van der Waals surface area contributed by atoms with Gasteiger partial charge >= 0.3 is 0 Å². The Hall–Kier alpha value is -0.870. The minimum atomic E-state index is -0.437. The van der Waals surface area contributed by atoms with Crippen LogP contribution in [0.2, 0.25) is 0 Å². The van der Waals surface area contributed by atoms with Gasteiger partial charge in [0.05, 0.1) is 6.10 Å². The molecule has 0 saturated heterocycles. The molecule has 1 aliphatic rings. The van der Waals surface area contributed by atoms with Crippen LogP contribution in [0.1, 0.15) is 42.9 Å². The van der Waals surface area contributed by atoms with Crippen LogP contribution in [0.4, 0.5) is 5.69 Å². The van der Waals surface area contributed by atoms with Crippen LogP contribution >= 0.6 is 15.9 Å². The predicted octanol–water partition coefficient (Wildman–Crippen LogP) is 3.17. The van der Waals surface area contributed by atoms with E-state index in [1.807, 2.05) is 18.2 Å². The molecule has 0 unspecified atom stereocenters. The van der Waals surface area contributed by atoms with Gasteiger partial charge in [0.2, 0.25) is 5.91 Å². The van der Waals surface area contributed by atoms with Crippen molar-refractivity contribution in [2.75, 3.05) is 10.6 Å². The van der Waals surface area contributed by atoms with E-state index in [0.29, 0.717) is 6.42 Å². The molecule has 0 aromatic heterocycles. The third kappa shape index (κ3) is 3.33. The molecule has 0 aliphatic carbocycles. The Kier molecular flexibility index (Phi) is 4.78. The van der Waals surface area contributed by atoms with Crippen LogP contribution in [0.25, 0.3) is 0 Å². The molecular formula is C14H18BrNO2. The molecule has 1 heterocycles. The first-order valence-electron chi connectivity index (χ1n) is 6.37. The molecule has 18 heavy (non-hydrogen) atoms. The van der Waals surface area contributed by atoms with Gasteiger partial charge in [-0.1, -0.05) is 28.1 Å². The summed E-state index contributed by atoms with van der Waals surface area (Å²) in [5.41, 5.74) is 2.92. The second-order valence-electron chi connectivity index (χ2n) is 4.67. The van der Waals surface area contributed by atoms with Crippen LogP contribution in [0, 0.1) is 0 Å². The predicted molar refractivity (Wildman–Crippen MR) is 76.0 cm³/mol. The fourth-order valence-electron chi connectivity index (χ4n) is 2.20. The Morgan fingerprint density at radius 2 is 2.17 bits per heavy atom. The second-order valence-corrected chi connectivity index (χ2v) is 5.46. The molecule has 0 saturated carbocycles. The molecule has 4 heteroatoms. The van der Waals surface area contributed by atoms with E-state index in [1.54, 1.807) is 0 Å². The van der Waals surface area contributed by atoms with Gasteiger partial charge in [-0.2, -0.15) is 0 Å². The van der Waals surface area contributed by atoms with Gasteiger partial charge in [0.1, 0.15) is 0 Å². The van der Waals surface area contributed by atoms with Crippen molar-refractivity contribution in [1.82, 2.24) is 0 Å². The first-order valence-corrected chi connectivity index (χ1v) is 7.49. The van der Waals surface area contributed by atoms with Crippen molar-refractivity contribution in [1.29, 1.82) is 0 Å². The summed E-state index contributed by atoms with van der Waals surface area (Å²) >= 11 is 3.38. The van der Waals surface area contributed by atoms with Crippen LogP contribution in [0.15, 0.2) is 18.2 Å². The zero-order chi connectivity index (χ0) is 13.0. The number of benzene rings is 1. The number of nitrogens with one attached hydrogen (secondary N) is 1. The first kappa shape index (κ1) is 13.6. The van der Waals surface area contributed by atoms with E-state index in [1.165, 1.54) is 0 Å². The van der Waals surface area contributed by atoms with Crippen molar-refractivity contribution in [2.24, 2.45) is 0 Å². The highest BCUT2D eigenvalue weighted by Crippen LogP contribution is 2.28. The van der Waals surface area contributed by atoms with Gasteiger partial charge in [-0.05, 0) is 42.9 Å². The van der Waals surface area contributed by atoms with Crippen molar-refractivity contribution < 1.29 is 9.90 Å². The number of alkyl halides is 1. The standard InChI is InChI=1S/C14H18BrNO2/c15-8-2-1-3-13(17)11-5-4-10-6-7-14(18)16-12(10)9-11/h4-5,9,13,17H,1-3,6-8H2,(H,16,18)/t13-/m0/s1. The summed E-state index contributed by atoms with van der Waals surface area (Å²) < 4.78 is 0. The fourth-order valence-corrected chi connectivity index (χ4v) is 2.59. The molecule has 98 valence electrons. The smallest absolute Gasteiger partial charge is 0.224 e. The maximum absolute atomic E-state index is 11.3. The molecule has 2 rings (SSSR count). The van der Waals surface area contributed by atoms with Crippen LogP contribution in [0.5, 0.6) is 0 Å². The maximum atomic E-state index is 11.3. The highest BCUT2D eigenvalue weighted by atomic mass is 79.9. The number of carbonyl (C=O) groups is 1. The summed E-state index contributed by atoms with van der Waals surface area (Å²) in [6, 6.07) is 5.89. The molecule has 2 N–H and O–H groups in total. The zero-order valence-corrected chi connectivity index (χ0v) is 11.9. The van der Waals surface area contributed by atoms with Gasteiger partial charge < -0.3 is 10.4 Å². The number of anilines is 1. The number of unbranched alkanes of at least 4 members (excludes halogenated alkanes) is 1. The molecule has 1 aliphatic heterocycles. The lowest BCUT2D eigenvalue weighted by atomic mass is 9.97. The van der Waals surface area contributed by atoms with E-state index in [-0.39, 0.29) is 5.91 Å². The lowest BCUT2D eigenvalue weighted by molar-refractivity contribution is -0.116. The van der Waals surface area contributed by atoms with Crippen molar-refractivity contribution in [2.45, 2.75) is 38.2 Å². The number of hydrogen-bond donors (Lipinski definition) is 2. The molecule has 1 aromatic carbocycles. The number of halogens is 1. The first-order chi connectivity index (χ1) is 8.70. The molecule has 0 spiro atoms. The van der Waals surface area contributed by atoms with Gasteiger partial charge in [0.25, 0.3) is 0 Å². The third-order valence-electron chi connectivity index (χ3n) is 3.28. The van der Waals surface area contributed by atoms with Gasteiger partial charge in [-0.3, -0.25) is 4.79 Å². The van der Waals surface area contributed by atoms with Crippen LogP contribution in [-0.4, -0.2) is 16.3 Å². The number of carbonyl (C=O) groups excluding carboxylic acids is 1. The summed E-state index contributed by atoms with van der Waals surface area (Å²) in [4.78, 5) is 11.3. The molecule has 1 atom stereocenters. The van der Waals surface area contributed by atoms with E-state index >= 15 is 0 Å². The molecule has 3 nitrogen and oxygen atoms in total. The molecule has 1 amide bonds. The van der Waals surface area contributed by atoms with Crippen molar-refractivity contribution in [3.63, 3.8) is 0 Å². The van der Waals surface area contributed by atoms with Gasteiger partial charge in [0, 0.05) is 17.4 Å². The van der Waals surface area contributed by atoms with E-state index in [2.05, 4.69) is 21.2 Å². The van der Waals surface area contributed by atoms with Crippen LogP contribution < -0.4 is 5.32 Å². The number of aliphatic hydroxyl groups excluding tert-OH is 1. The van der Waals surface area contributed by atoms with Crippen molar-refractivity contribution >= 4 is 27.5 Å². The number of aryl methyl sites for hydroxylation is 1. The highest BCUT2D eigenvalue weighted by Gasteiger charge is 2.16. The minimum Gasteiger partial charge on any atom is -0.388 e. The summed E-state index contributed by atoms with van der Waals surface area (Å²) in [6.07, 6.45) is 3.74. The molecule has 0 bridgehead atoms. The average Bonchev–Trinajstić information content (AvgIpc) is 2.38. The van der Waals surface area contributed by atoms with Crippen molar-refractivity contribution in [3.05, 3.63) is 29.3 Å². The van der Waals surface area contributed by atoms with Gasteiger partial charge in [-0.25, -0.2) is 0 Å². The molecular weight excluding hydrogens is 294 g/mol. The van der Waals surface area contributed by atoms with Crippen molar-refractivity contribution in [3.8, 4) is 0 Å². The Labute approximate surface area is 116 Å². The lowest BCUT2D eigenvalue weighted by Gasteiger charge is -2.19.